The van der Waals surface area contributed by atoms with Gasteiger partial charge in [0.15, 0.2) is 6.29 Å². The summed E-state index contributed by atoms with van der Waals surface area (Å²) < 4.78 is 0.938. The Morgan fingerprint density at radius 2 is 2.14 bits per heavy atom. The summed E-state index contributed by atoms with van der Waals surface area (Å²) >= 11 is 9.27. The number of nitrogens with zero attached hydrogens (tertiary/aromatic N) is 1. The second-order valence-corrected chi connectivity index (χ2v) is 4.09. The monoisotopic (exact) mass is 269 g/mol. The van der Waals surface area contributed by atoms with Crippen LogP contribution in [0, 0.1) is 0 Å². The lowest BCUT2D eigenvalue weighted by Gasteiger charge is -2.01. The zero-order valence-electron chi connectivity index (χ0n) is 7.00. The molecule has 0 aliphatic heterocycles. The number of hydrogen-bond acceptors (Lipinski definition) is 2. The summed E-state index contributed by atoms with van der Waals surface area (Å²) in [5.41, 5.74) is 0.352. The van der Waals surface area contributed by atoms with Gasteiger partial charge in [0.05, 0.1) is 0 Å². The van der Waals surface area contributed by atoms with Crippen LogP contribution in [-0.2, 0) is 0 Å². The first-order chi connectivity index (χ1) is 6.70. The van der Waals surface area contributed by atoms with Gasteiger partial charge in [-0.1, -0.05) is 33.6 Å². The molecule has 14 heavy (non-hydrogen) atoms. The number of rotatable bonds is 1. The number of aldehydes is 1. The van der Waals surface area contributed by atoms with E-state index in [0.717, 1.165) is 15.2 Å². The third kappa shape index (κ3) is 1.65. The molecule has 0 saturated carbocycles. The lowest BCUT2D eigenvalue weighted by atomic mass is 10.1. The molecule has 0 amide bonds. The maximum atomic E-state index is 10.5. The predicted molar refractivity (Wildman–Crippen MR) is 59.8 cm³/mol. The third-order valence-electron chi connectivity index (χ3n) is 1.89. The topological polar surface area (TPSA) is 30.0 Å². The molecule has 1 heterocycles. The molecular weight excluding hydrogens is 265 g/mol. The maximum absolute atomic E-state index is 10.5. The first-order valence-electron chi connectivity index (χ1n) is 3.91. The molecule has 0 fully saturated rings. The van der Waals surface area contributed by atoms with Crippen LogP contribution in [0.15, 0.2) is 28.7 Å². The molecule has 0 saturated heterocycles. The molecule has 0 radical (unpaired) electrons. The highest BCUT2D eigenvalue weighted by Gasteiger charge is 2.03. The molecule has 2 aromatic rings. The average Bonchev–Trinajstić information content (AvgIpc) is 2.19. The van der Waals surface area contributed by atoms with Crippen LogP contribution in [0.5, 0.6) is 0 Å². The number of halogens is 2. The highest BCUT2D eigenvalue weighted by Crippen LogP contribution is 2.25. The Bertz CT molecular complexity index is 513. The molecule has 0 unspecified atom stereocenters. The van der Waals surface area contributed by atoms with Gasteiger partial charge in [0.25, 0.3) is 0 Å². The van der Waals surface area contributed by atoms with Crippen LogP contribution in [0.1, 0.15) is 10.5 Å². The van der Waals surface area contributed by atoms with E-state index in [0.29, 0.717) is 17.1 Å². The molecule has 0 spiro atoms. The molecule has 1 aromatic carbocycles. The molecule has 1 aromatic heterocycles. The normalized spacial score (nSPS) is 10.4. The van der Waals surface area contributed by atoms with E-state index in [9.17, 15) is 4.79 Å². The van der Waals surface area contributed by atoms with E-state index in [1.165, 1.54) is 0 Å². The maximum Gasteiger partial charge on any atom is 0.168 e. The Balaban J connectivity index is 2.82. The van der Waals surface area contributed by atoms with Gasteiger partial charge < -0.3 is 0 Å². The molecule has 0 aliphatic carbocycles. The first-order valence-corrected chi connectivity index (χ1v) is 5.09. The lowest BCUT2D eigenvalue weighted by Crippen LogP contribution is -1.88. The zero-order chi connectivity index (χ0) is 10.1. The van der Waals surface area contributed by atoms with E-state index in [1.807, 2.05) is 18.2 Å². The molecule has 2 rings (SSSR count). The Labute approximate surface area is 94.0 Å². The Morgan fingerprint density at radius 3 is 2.86 bits per heavy atom. The Hall–Kier alpha value is -0.930. The second kappa shape index (κ2) is 3.67. The largest absolute Gasteiger partial charge is 0.296 e. The van der Waals surface area contributed by atoms with Gasteiger partial charge >= 0.3 is 0 Å². The van der Waals surface area contributed by atoms with Gasteiger partial charge in [-0.25, -0.2) is 4.98 Å². The number of fused-ring (bicyclic) bond motifs is 1. The molecule has 0 atom stereocenters. The summed E-state index contributed by atoms with van der Waals surface area (Å²) in [6.07, 6.45) is 0.688. The van der Waals surface area contributed by atoms with Crippen molar-refractivity contribution in [2.75, 3.05) is 0 Å². The summed E-state index contributed by atoms with van der Waals surface area (Å²) in [6.45, 7) is 0. The number of aromatic nitrogens is 1. The SMILES string of the molecule is O=Cc1cc2ccc(Br)cc2c(Cl)n1. The van der Waals surface area contributed by atoms with Crippen molar-refractivity contribution in [1.29, 1.82) is 0 Å². The standard InChI is InChI=1S/C10H5BrClNO/c11-7-2-1-6-3-8(5-14)13-10(12)9(6)4-7/h1-5H. The minimum absolute atomic E-state index is 0.352. The Morgan fingerprint density at radius 1 is 1.36 bits per heavy atom. The molecular formula is C10H5BrClNO. The molecule has 4 heteroatoms. The highest BCUT2D eigenvalue weighted by molar-refractivity contribution is 9.10. The van der Waals surface area contributed by atoms with Gasteiger partial charge in [0.1, 0.15) is 10.8 Å². The summed E-state index contributed by atoms with van der Waals surface area (Å²) in [7, 11) is 0. The van der Waals surface area contributed by atoms with E-state index < -0.39 is 0 Å². The quantitative estimate of drug-likeness (QED) is 0.587. The van der Waals surface area contributed by atoms with Gasteiger partial charge in [-0.15, -0.1) is 0 Å². The fraction of sp³-hybridized carbons (Fsp3) is 0. The van der Waals surface area contributed by atoms with Crippen LogP contribution in [0.25, 0.3) is 10.8 Å². The molecule has 70 valence electrons. The van der Waals surface area contributed by atoms with Crippen LogP contribution < -0.4 is 0 Å². The number of carbonyl (C=O) groups excluding carboxylic acids is 1. The summed E-state index contributed by atoms with van der Waals surface area (Å²) in [5.74, 6) is 0. The number of carbonyl (C=O) groups is 1. The van der Waals surface area contributed by atoms with E-state index in [2.05, 4.69) is 20.9 Å². The molecule has 0 N–H and O–H groups in total. The van der Waals surface area contributed by atoms with Gasteiger partial charge in [-0.3, -0.25) is 4.79 Å². The number of benzene rings is 1. The minimum Gasteiger partial charge on any atom is -0.296 e. The first kappa shape index (κ1) is 9.62. The molecule has 2 nitrogen and oxygen atoms in total. The van der Waals surface area contributed by atoms with Crippen LogP contribution in [0.3, 0.4) is 0 Å². The van der Waals surface area contributed by atoms with E-state index in [1.54, 1.807) is 6.07 Å². The van der Waals surface area contributed by atoms with Crippen molar-refractivity contribution in [3.63, 3.8) is 0 Å². The third-order valence-corrected chi connectivity index (χ3v) is 2.67. The van der Waals surface area contributed by atoms with Gasteiger partial charge in [0, 0.05) is 9.86 Å². The van der Waals surface area contributed by atoms with Gasteiger partial charge in [-0.05, 0) is 23.6 Å². The average molecular weight is 271 g/mol. The van der Waals surface area contributed by atoms with E-state index in [4.69, 9.17) is 11.6 Å². The number of pyridine rings is 1. The van der Waals surface area contributed by atoms with Crippen molar-refractivity contribution in [3.8, 4) is 0 Å². The van der Waals surface area contributed by atoms with Crippen molar-refractivity contribution < 1.29 is 4.79 Å². The van der Waals surface area contributed by atoms with Gasteiger partial charge in [-0.2, -0.15) is 0 Å². The summed E-state index contributed by atoms with van der Waals surface area (Å²) in [6, 6.07) is 7.37. The van der Waals surface area contributed by atoms with Crippen LogP contribution in [0.2, 0.25) is 5.15 Å². The van der Waals surface area contributed by atoms with Crippen LogP contribution in [0.4, 0.5) is 0 Å². The van der Waals surface area contributed by atoms with Crippen molar-refractivity contribution in [1.82, 2.24) is 4.98 Å². The molecule has 0 aliphatic rings. The van der Waals surface area contributed by atoms with E-state index >= 15 is 0 Å². The van der Waals surface area contributed by atoms with Crippen molar-refractivity contribution in [3.05, 3.63) is 39.6 Å². The smallest absolute Gasteiger partial charge is 0.168 e. The van der Waals surface area contributed by atoms with E-state index in [-0.39, 0.29) is 0 Å². The lowest BCUT2D eigenvalue weighted by molar-refractivity contribution is 0.111. The minimum atomic E-state index is 0.352. The summed E-state index contributed by atoms with van der Waals surface area (Å²) in [5, 5.41) is 2.10. The molecule has 0 bridgehead atoms. The van der Waals surface area contributed by atoms with Crippen molar-refractivity contribution >= 4 is 44.6 Å². The Kier molecular flexibility index (Phi) is 2.52. The van der Waals surface area contributed by atoms with Crippen molar-refractivity contribution in [2.24, 2.45) is 0 Å². The zero-order valence-corrected chi connectivity index (χ0v) is 9.34. The predicted octanol–water partition coefficient (Wildman–Crippen LogP) is 3.46. The van der Waals surface area contributed by atoms with Crippen LogP contribution in [-0.4, -0.2) is 11.3 Å². The van der Waals surface area contributed by atoms with Crippen LogP contribution >= 0.6 is 27.5 Å². The highest BCUT2D eigenvalue weighted by atomic mass is 79.9. The second-order valence-electron chi connectivity index (χ2n) is 2.82. The van der Waals surface area contributed by atoms with Gasteiger partial charge in [0.2, 0.25) is 0 Å². The number of hydrogen-bond donors (Lipinski definition) is 0. The fourth-order valence-corrected chi connectivity index (χ4v) is 1.88. The van der Waals surface area contributed by atoms with Crippen molar-refractivity contribution in [2.45, 2.75) is 0 Å². The summed E-state index contributed by atoms with van der Waals surface area (Å²) in [4.78, 5) is 14.5. The fourth-order valence-electron chi connectivity index (χ4n) is 1.26.